The van der Waals surface area contributed by atoms with Crippen LogP contribution in [0.25, 0.3) is 10.8 Å². The van der Waals surface area contributed by atoms with Crippen molar-refractivity contribution in [2.45, 2.75) is 29.4 Å². The second-order valence-electron chi connectivity index (χ2n) is 12.7. The molecule has 0 unspecified atom stereocenters. The maximum atomic E-state index is 6.92. The van der Waals surface area contributed by atoms with E-state index in [1.807, 2.05) is 146 Å². The molecule has 0 aliphatic heterocycles. The summed E-state index contributed by atoms with van der Waals surface area (Å²) >= 11 is 27.0. The molecule has 0 aliphatic carbocycles. The van der Waals surface area contributed by atoms with Gasteiger partial charge in [0.05, 0.1) is 5.39 Å². The Morgan fingerprint density at radius 2 is 0.483 bits per heavy atom. The van der Waals surface area contributed by atoms with Crippen LogP contribution in [0.2, 0.25) is 0 Å². The van der Waals surface area contributed by atoms with E-state index in [1.165, 1.54) is 0 Å². The summed E-state index contributed by atoms with van der Waals surface area (Å²) in [5.74, 6) is 4.64. The second kappa shape index (κ2) is 17.8. The van der Waals surface area contributed by atoms with Gasteiger partial charge in [0.15, 0.2) is 23.0 Å². The fourth-order valence-electron chi connectivity index (χ4n) is 5.79. The van der Waals surface area contributed by atoms with Crippen molar-refractivity contribution in [3.05, 3.63) is 158 Å². The van der Waals surface area contributed by atoms with E-state index in [2.05, 4.69) is 75.8 Å². The van der Waals surface area contributed by atoms with Crippen LogP contribution in [0.1, 0.15) is 0 Å². The molecule has 0 bridgehead atoms. The molecule has 0 aliphatic rings. The second-order valence-corrected chi connectivity index (χ2v) is 15.8. The topological polar surface area (TPSA) is 55.4 Å². The highest BCUT2D eigenvalue weighted by Crippen LogP contribution is 2.60. The molecule has 0 heterocycles. The van der Waals surface area contributed by atoms with Crippen LogP contribution in [0.5, 0.6) is 69.0 Å². The third-order valence-corrected chi connectivity index (χ3v) is 10.3. The van der Waals surface area contributed by atoms with E-state index in [1.54, 1.807) is 12.1 Å². The Balaban J connectivity index is 1.49. The quantitative estimate of drug-likeness (QED) is 0.0688. The highest BCUT2D eigenvalue weighted by atomic mass is 32.1. The summed E-state index contributed by atoms with van der Waals surface area (Å²) in [6.07, 6.45) is 0. The first-order valence-electron chi connectivity index (χ1n) is 17.6. The summed E-state index contributed by atoms with van der Waals surface area (Å²) in [6.45, 7) is 0. The molecule has 0 amide bonds. The Morgan fingerprint density at radius 3 is 0.828 bits per heavy atom. The number of fused-ring (bicyclic) bond motifs is 1. The average Bonchev–Trinajstić information content (AvgIpc) is 3.22. The van der Waals surface area contributed by atoms with E-state index in [0.29, 0.717) is 62.5 Å². The minimum Gasteiger partial charge on any atom is -0.453 e. The molecule has 288 valence electrons. The van der Waals surface area contributed by atoms with Crippen molar-refractivity contribution in [3.8, 4) is 69.0 Å². The zero-order valence-electron chi connectivity index (χ0n) is 30.1. The number of thiol groups is 6. The van der Waals surface area contributed by atoms with Crippen molar-refractivity contribution in [2.75, 3.05) is 0 Å². The summed E-state index contributed by atoms with van der Waals surface area (Å²) in [4.78, 5) is 4.60. The SMILES string of the molecule is Sc1ccc(Oc2ccc3c(Oc4ccc(S)cc4)c(Oc4ccc(S)cc4)c(Oc4ccc(S)cc4)c(Oc4ccc(S)cc4)c3c2Oc2ccc(S)cc2)cc1. The Hall–Kier alpha value is -5.08. The largest absolute Gasteiger partial charge is 0.453 e. The normalized spacial score (nSPS) is 10.9. The van der Waals surface area contributed by atoms with Crippen LogP contribution < -0.4 is 28.4 Å². The van der Waals surface area contributed by atoms with Gasteiger partial charge in [0.2, 0.25) is 11.5 Å². The van der Waals surface area contributed by atoms with E-state index < -0.39 is 0 Å². The molecule has 0 spiro atoms. The van der Waals surface area contributed by atoms with Crippen molar-refractivity contribution in [2.24, 2.45) is 0 Å². The van der Waals surface area contributed by atoms with E-state index in [4.69, 9.17) is 28.4 Å². The van der Waals surface area contributed by atoms with Crippen LogP contribution in [0.15, 0.2) is 187 Å². The Bertz CT molecular complexity index is 2650. The predicted molar refractivity (Wildman–Crippen MR) is 247 cm³/mol. The molecule has 0 atom stereocenters. The van der Waals surface area contributed by atoms with Crippen LogP contribution in [0.4, 0.5) is 0 Å². The molecule has 0 saturated carbocycles. The lowest BCUT2D eigenvalue weighted by Gasteiger charge is -2.24. The van der Waals surface area contributed by atoms with Gasteiger partial charge < -0.3 is 28.4 Å². The summed E-state index contributed by atoms with van der Waals surface area (Å²) in [5.41, 5.74) is 0. The van der Waals surface area contributed by atoms with E-state index in [-0.39, 0.29) is 17.2 Å². The van der Waals surface area contributed by atoms with E-state index in [0.717, 1.165) is 29.4 Å². The molecular weight excluding hydrogens is 841 g/mol. The van der Waals surface area contributed by atoms with Gasteiger partial charge in [-0.15, -0.1) is 75.8 Å². The lowest BCUT2D eigenvalue weighted by molar-refractivity contribution is 0.369. The molecule has 0 fully saturated rings. The van der Waals surface area contributed by atoms with Gasteiger partial charge in [0.1, 0.15) is 34.5 Å². The van der Waals surface area contributed by atoms with Crippen molar-refractivity contribution >= 4 is 86.5 Å². The Morgan fingerprint density at radius 1 is 0.224 bits per heavy atom. The minimum absolute atomic E-state index is 0.178. The molecule has 0 aromatic heterocycles. The standard InChI is InChI=1S/C46H32O6S6/c53-33-13-1-27(2-14-33)47-40-26-25-39-41(43(40)49-29-5-17-35(55)18-6-29)44(50-30-7-19-36(56)20-8-30)46(52-32-11-23-38(58)24-12-32)45(51-31-9-21-37(57)22-10-31)42(39)48-28-3-15-34(54)16-4-28/h1-26,53-58H. The Kier molecular flexibility index (Phi) is 12.2. The maximum absolute atomic E-state index is 6.92. The molecule has 8 rings (SSSR count). The number of hydrogen-bond donors (Lipinski definition) is 6. The van der Waals surface area contributed by atoms with Crippen LogP contribution in [-0.2, 0) is 0 Å². The summed E-state index contributed by atoms with van der Waals surface area (Å²) < 4.78 is 40.9. The molecule has 0 radical (unpaired) electrons. The van der Waals surface area contributed by atoms with Gasteiger partial charge in [-0.3, -0.25) is 0 Å². The fourth-order valence-corrected chi connectivity index (χ4v) is 6.68. The molecule has 6 nitrogen and oxygen atoms in total. The van der Waals surface area contributed by atoms with Crippen molar-refractivity contribution in [3.63, 3.8) is 0 Å². The van der Waals surface area contributed by atoms with E-state index in [9.17, 15) is 0 Å². The molecule has 8 aromatic rings. The van der Waals surface area contributed by atoms with Gasteiger partial charge in [0.25, 0.3) is 0 Å². The van der Waals surface area contributed by atoms with Gasteiger partial charge in [-0.1, -0.05) is 0 Å². The lowest BCUT2D eigenvalue weighted by Crippen LogP contribution is -2.01. The van der Waals surface area contributed by atoms with Gasteiger partial charge in [-0.2, -0.15) is 0 Å². The van der Waals surface area contributed by atoms with Crippen molar-refractivity contribution in [1.82, 2.24) is 0 Å². The number of benzene rings is 8. The van der Waals surface area contributed by atoms with Gasteiger partial charge in [-0.25, -0.2) is 0 Å². The zero-order valence-corrected chi connectivity index (χ0v) is 35.5. The third kappa shape index (κ3) is 9.44. The number of ether oxygens (including phenoxy) is 6. The smallest absolute Gasteiger partial charge is 0.217 e. The first-order valence-corrected chi connectivity index (χ1v) is 20.3. The van der Waals surface area contributed by atoms with Gasteiger partial charge in [-0.05, 0) is 158 Å². The average molecular weight is 873 g/mol. The van der Waals surface area contributed by atoms with Crippen LogP contribution in [-0.4, -0.2) is 0 Å². The van der Waals surface area contributed by atoms with Crippen molar-refractivity contribution in [1.29, 1.82) is 0 Å². The highest BCUT2D eigenvalue weighted by molar-refractivity contribution is 7.81. The van der Waals surface area contributed by atoms with Crippen LogP contribution in [0.3, 0.4) is 0 Å². The fraction of sp³-hybridized carbons (Fsp3) is 0. The monoisotopic (exact) mass is 872 g/mol. The summed E-state index contributed by atoms with van der Waals surface area (Å²) in [5, 5.41) is 1.00. The molecule has 12 heteroatoms. The highest BCUT2D eigenvalue weighted by Gasteiger charge is 2.31. The lowest BCUT2D eigenvalue weighted by atomic mass is 10.0. The minimum atomic E-state index is 0.178. The first-order chi connectivity index (χ1) is 28.1. The first kappa shape index (κ1) is 39.7. The number of hydrogen-bond acceptors (Lipinski definition) is 12. The number of rotatable bonds is 12. The molecule has 8 aromatic carbocycles. The molecule has 0 saturated heterocycles. The van der Waals surface area contributed by atoms with Crippen LogP contribution in [0, 0.1) is 0 Å². The Labute approximate surface area is 368 Å². The molecular formula is C46H32O6S6. The van der Waals surface area contributed by atoms with E-state index >= 15 is 0 Å². The zero-order chi connectivity index (χ0) is 40.2. The van der Waals surface area contributed by atoms with Crippen molar-refractivity contribution < 1.29 is 28.4 Å². The maximum Gasteiger partial charge on any atom is 0.217 e. The molecule has 0 N–H and O–H groups in total. The van der Waals surface area contributed by atoms with Gasteiger partial charge >= 0.3 is 0 Å². The van der Waals surface area contributed by atoms with Crippen LogP contribution >= 0.6 is 75.8 Å². The van der Waals surface area contributed by atoms with Gasteiger partial charge in [0, 0.05) is 34.8 Å². The third-order valence-electron chi connectivity index (χ3n) is 8.56. The summed E-state index contributed by atoms with van der Waals surface area (Å²) in [6, 6.07) is 47.5. The molecule has 58 heavy (non-hydrogen) atoms. The predicted octanol–water partition coefficient (Wildman–Crippen LogP) is 15.3. The summed E-state index contributed by atoms with van der Waals surface area (Å²) in [7, 11) is 0.